The predicted octanol–water partition coefficient (Wildman–Crippen LogP) is 2.92. The second kappa shape index (κ2) is 6.81. The molecule has 1 aromatic heterocycles. The summed E-state index contributed by atoms with van der Waals surface area (Å²) in [6.07, 6.45) is 4.78. The van der Waals surface area contributed by atoms with E-state index in [1.54, 1.807) is 0 Å². The molecular weight excluding hydrogens is 208 g/mol. The summed E-state index contributed by atoms with van der Waals surface area (Å²) in [5.41, 5.74) is 1.26. The molecule has 1 rings (SSSR count). The van der Waals surface area contributed by atoms with Crippen LogP contribution in [0.1, 0.15) is 25.8 Å². The Bertz CT molecular complexity index is 262. The van der Waals surface area contributed by atoms with E-state index in [0.717, 1.165) is 25.4 Å². The van der Waals surface area contributed by atoms with Crippen LogP contribution in [0.15, 0.2) is 24.5 Å². The molecule has 0 aliphatic heterocycles. The average molecular weight is 227 g/mol. The summed E-state index contributed by atoms with van der Waals surface area (Å²) in [5, 5.41) is 0. The third kappa shape index (κ3) is 4.63. The van der Waals surface area contributed by atoms with Gasteiger partial charge >= 0.3 is 0 Å². The van der Waals surface area contributed by atoms with E-state index in [4.69, 9.17) is 11.6 Å². The first kappa shape index (κ1) is 12.5. The molecule has 0 aliphatic rings. The van der Waals surface area contributed by atoms with Crippen LogP contribution in [-0.2, 0) is 6.54 Å². The summed E-state index contributed by atoms with van der Waals surface area (Å²) in [6, 6.07) is 4.65. The molecule has 84 valence electrons. The second-order valence-electron chi connectivity index (χ2n) is 3.97. The third-order valence-electron chi connectivity index (χ3n) is 2.42. The standard InChI is InChI=1S/C12H19ClN2/c1-11(2)15(8-4-6-13)10-12-5-3-7-14-9-12/h3,5,7,9,11H,4,6,8,10H2,1-2H3. The van der Waals surface area contributed by atoms with Crippen LogP contribution < -0.4 is 0 Å². The smallest absolute Gasteiger partial charge is 0.0312 e. The van der Waals surface area contributed by atoms with E-state index in [1.165, 1.54) is 5.56 Å². The molecule has 0 spiro atoms. The Morgan fingerprint density at radius 2 is 2.27 bits per heavy atom. The fourth-order valence-electron chi connectivity index (χ4n) is 1.51. The largest absolute Gasteiger partial charge is 0.297 e. The highest BCUT2D eigenvalue weighted by molar-refractivity contribution is 6.17. The number of nitrogens with zero attached hydrogens (tertiary/aromatic N) is 2. The highest BCUT2D eigenvalue weighted by atomic mass is 35.5. The zero-order valence-electron chi connectivity index (χ0n) is 9.49. The van der Waals surface area contributed by atoms with Gasteiger partial charge in [0.15, 0.2) is 0 Å². The van der Waals surface area contributed by atoms with E-state index >= 15 is 0 Å². The van der Waals surface area contributed by atoms with Crippen molar-refractivity contribution < 1.29 is 0 Å². The minimum atomic E-state index is 0.549. The van der Waals surface area contributed by atoms with Crippen molar-refractivity contribution in [1.82, 2.24) is 9.88 Å². The van der Waals surface area contributed by atoms with Gasteiger partial charge in [-0.3, -0.25) is 9.88 Å². The molecule has 0 amide bonds. The fourth-order valence-corrected chi connectivity index (χ4v) is 1.63. The number of halogens is 1. The number of alkyl halides is 1. The maximum atomic E-state index is 5.71. The molecule has 2 nitrogen and oxygen atoms in total. The Hall–Kier alpha value is -0.600. The lowest BCUT2D eigenvalue weighted by Crippen LogP contribution is -2.31. The average Bonchev–Trinajstić information content (AvgIpc) is 2.25. The van der Waals surface area contributed by atoms with Crippen molar-refractivity contribution in [1.29, 1.82) is 0 Å². The molecule has 1 heterocycles. The Morgan fingerprint density at radius 1 is 1.47 bits per heavy atom. The van der Waals surface area contributed by atoms with Crippen LogP contribution in [0.3, 0.4) is 0 Å². The Labute approximate surface area is 97.3 Å². The Balaban J connectivity index is 2.51. The third-order valence-corrected chi connectivity index (χ3v) is 2.68. The maximum absolute atomic E-state index is 5.71. The molecule has 0 N–H and O–H groups in total. The summed E-state index contributed by atoms with van der Waals surface area (Å²) >= 11 is 5.71. The van der Waals surface area contributed by atoms with E-state index in [9.17, 15) is 0 Å². The minimum absolute atomic E-state index is 0.549. The molecule has 0 unspecified atom stereocenters. The minimum Gasteiger partial charge on any atom is -0.297 e. The van der Waals surface area contributed by atoms with Crippen LogP contribution in [0.2, 0.25) is 0 Å². The Kier molecular flexibility index (Phi) is 5.66. The molecule has 0 radical (unpaired) electrons. The van der Waals surface area contributed by atoms with Gasteiger partial charge in [-0.1, -0.05) is 6.07 Å². The first-order valence-corrected chi connectivity index (χ1v) is 5.96. The monoisotopic (exact) mass is 226 g/mol. The molecule has 15 heavy (non-hydrogen) atoms. The molecule has 0 aliphatic carbocycles. The lowest BCUT2D eigenvalue weighted by molar-refractivity contribution is 0.213. The SMILES string of the molecule is CC(C)N(CCCCl)Cc1cccnc1. The van der Waals surface area contributed by atoms with Crippen molar-refractivity contribution in [3.63, 3.8) is 0 Å². The molecule has 0 saturated heterocycles. The van der Waals surface area contributed by atoms with Crippen molar-refractivity contribution in [2.45, 2.75) is 32.9 Å². The van der Waals surface area contributed by atoms with Gasteiger partial charge in [0.25, 0.3) is 0 Å². The zero-order valence-corrected chi connectivity index (χ0v) is 10.2. The van der Waals surface area contributed by atoms with Crippen LogP contribution in [-0.4, -0.2) is 28.4 Å². The lowest BCUT2D eigenvalue weighted by Gasteiger charge is -2.26. The van der Waals surface area contributed by atoms with Crippen LogP contribution in [0.25, 0.3) is 0 Å². The summed E-state index contributed by atoms with van der Waals surface area (Å²) in [5.74, 6) is 0.732. The van der Waals surface area contributed by atoms with Crippen molar-refractivity contribution in [2.75, 3.05) is 12.4 Å². The van der Waals surface area contributed by atoms with Gasteiger partial charge in [-0.2, -0.15) is 0 Å². The van der Waals surface area contributed by atoms with Crippen LogP contribution in [0.5, 0.6) is 0 Å². The highest BCUT2D eigenvalue weighted by Gasteiger charge is 2.09. The number of rotatable bonds is 6. The molecule has 0 fully saturated rings. The van der Waals surface area contributed by atoms with Crippen molar-refractivity contribution >= 4 is 11.6 Å². The summed E-state index contributed by atoms with van der Waals surface area (Å²) in [6.45, 7) is 6.44. The molecule has 1 aromatic rings. The molecule has 0 aromatic carbocycles. The topological polar surface area (TPSA) is 16.1 Å². The lowest BCUT2D eigenvalue weighted by atomic mass is 10.2. The van der Waals surface area contributed by atoms with Gasteiger partial charge in [0.2, 0.25) is 0 Å². The van der Waals surface area contributed by atoms with Crippen LogP contribution >= 0.6 is 11.6 Å². The quantitative estimate of drug-likeness (QED) is 0.694. The van der Waals surface area contributed by atoms with E-state index in [1.807, 2.05) is 18.5 Å². The number of aromatic nitrogens is 1. The number of pyridine rings is 1. The van der Waals surface area contributed by atoms with E-state index in [0.29, 0.717) is 6.04 Å². The van der Waals surface area contributed by atoms with E-state index in [2.05, 4.69) is 29.8 Å². The number of hydrogen-bond acceptors (Lipinski definition) is 2. The van der Waals surface area contributed by atoms with Gasteiger partial charge in [0, 0.05) is 30.9 Å². The van der Waals surface area contributed by atoms with Gasteiger partial charge in [-0.25, -0.2) is 0 Å². The van der Waals surface area contributed by atoms with Crippen LogP contribution in [0, 0.1) is 0 Å². The molecule has 0 atom stereocenters. The normalized spacial score (nSPS) is 11.3. The molecule has 0 bridgehead atoms. The molecular formula is C12H19ClN2. The predicted molar refractivity (Wildman–Crippen MR) is 65.1 cm³/mol. The van der Waals surface area contributed by atoms with E-state index in [-0.39, 0.29) is 0 Å². The van der Waals surface area contributed by atoms with Gasteiger partial charge in [-0.15, -0.1) is 11.6 Å². The first-order valence-electron chi connectivity index (χ1n) is 5.43. The van der Waals surface area contributed by atoms with Gasteiger partial charge in [-0.05, 0) is 38.4 Å². The van der Waals surface area contributed by atoms with Crippen LogP contribution in [0.4, 0.5) is 0 Å². The molecule has 0 saturated carbocycles. The summed E-state index contributed by atoms with van der Waals surface area (Å²) in [4.78, 5) is 6.54. The van der Waals surface area contributed by atoms with Crippen molar-refractivity contribution in [3.8, 4) is 0 Å². The molecule has 3 heteroatoms. The Morgan fingerprint density at radius 3 is 2.80 bits per heavy atom. The highest BCUT2D eigenvalue weighted by Crippen LogP contribution is 2.07. The van der Waals surface area contributed by atoms with Gasteiger partial charge < -0.3 is 0 Å². The fraction of sp³-hybridized carbons (Fsp3) is 0.583. The number of hydrogen-bond donors (Lipinski definition) is 0. The zero-order chi connectivity index (χ0) is 11.1. The van der Waals surface area contributed by atoms with Crippen molar-refractivity contribution in [2.24, 2.45) is 0 Å². The van der Waals surface area contributed by atoms with Crippen molar-refractivity contribution in [3.05, 3.63) is 30.1 Å². The van der Waals surface area contributed by atoms with Gasteiger partial charge in [0.05, 0.1) is 0 Å². The summed E-state index contributed by atoms with van der Waals surface area (Å²) in [7, 11) is 0. The maximum Gasteiger partial charge on any atom is 0.0312 e. The van der Waals surface area contributed by atoms with Gasteiger partial charge in [0.1, 0.15) is 0 Å². The first-order chi connectivity index (χ1) is 7.24. The second-order valence-corrected chi connectivity index (χ2v) is 4.35. The van der Waals surface area contributed by atoms with E-state index < -0.39 is 0 Å². The summed E-state index contributed by atoms with van der Waals surface area (Å²) < 4.78 is 0.